The summed E-state index contributed by atoms with van der Waals surface area (Å²) in [6.07, 6.45) is 4.34. The molecule has 134 valence electrons. The molecule has 3 heteroatoms. The van der Waals surface area contributed by atoms with Crippen LogP contribution in [0, 0.1) is 0 Å². The van der Waals surface area contributed by atoms with Crippen molar-refractivity contribution in [3.8, 4) is 0 Å². The average Bonchev–Trinajstić information content (AvgIpc) is 2.55. The van der Waals surface area contributed by atoms with Crippen LogP contribution in [0.2, 0.25) is 0 Å². The maximum Gasteiger partial charge on any atom is 0.174 e. The minimum Gasteiger partial charge on any atom is -0.351 e. The van der Waals surface area contributed by atoms with Crippen molar-refractivity contribution in [2.45, 2.75) is 78.1 Å². The molecule has 2 rings (SSSR count). The van der Waals surface area contributed by atoms with Crippen molar-refractivity contribution in [3.05, 3.63) is 35.4 Å². The topological polar surface area (TPSA) is 24.8 Å². The van der Waals surface area contributed by atoms with Crippen LogP contribution >= 0.6 is 0 Å². The molecule has 0 saturated heterocycles. The predicted molar refractivity (Wildman–Crippen MR) is 103 cm³/mol. The lowest BCUT2D eigenvalue weighted by atomic mass is 9.95. The third-order valence-electron chi connectivity index (χ3n) is 5.05. The van der Waals surface area contributed by atoms with Gasteiger partial charge in [-0.2, -0.15) is 0 Å². The number of aliphatic imine (C=N–C) groups is 1. The Hall–Kier alpha value is -1.19. The maximum atomic E-state index is 6.27. The fourth-order valence-corrected chi connectivity index (χ4v) is 3.10. The molecular weight excluding hydrogens is 296 g/mol. The quantitative estimate of drug-likeness (QED) is 0.702. The van der Waals surface area contributed by atoms with E-state index in [4.69, 9.17) is 9.73 Å². The van der Waals surface area contributed by atoms with Crippen molar-refractivity contribution in [1.82, 2.24) is 4.90 Å². The molecule has 2 atom stereocenters. The van der Waals surface area contributed by atoms with Gasteiger partial charge in [-0.15, -0.1) is 0 Å². The highest BCUT2D eigenvalue weighted by Gasteiger charge is 2.25. The molecule has 0 aromatic heterocycles. The second kappa shape index (κ2) is 8.26. The molecule has 0 spiro atoms. The summed E-state index contributed by atoms with van der Waals surface area (Å²) in [7, 11) is 2.17. The van der Waals surface area contributed by atoms with Gasteiger partial charge < -0.3 is 4.74 Å². The van der Waals surface area contributed by atoms with Crippen LogP contribution < -0.4 is 0 Å². The fourth-order valence-electron chi connectivity index (χ4n) is 3.10. The lowest BCUT2D eigenvalue weighted by molar-refractivity contribution is -0.000643. The number of hydrogen-bond donors (Lipinski definition) is 0. The van der Waals surface area contributed by atoms with Crippen LogP contribution in [-0.4, -0.2) is 35.8 Å². The van der Waals surface area contributed by atoms with Gasteiger partial charge in [0.1, 0.15) is 0 Å². The number of hydrogen-bond acceptors (Lipinski definition) is 3. The second-order valence-electron chi connectivity index (χ2n) is 7.99. The van der Waals surface area contributed by atoms with Gasteiger partial charge in [0.15, 0.2) is 6.23 Å². The molecule has 1 heterocycles. The molecule has 3 nitrogen and oxygen atoms in total. The molecule has 24 heavy (non-hydrogen) atoms. The van der Waals surface area contributed by atoms with E-state index >= 15 is 0 Å². The molecule has 1 aliphatic heterocycles. The van der Waals surface area contributed by atoms with Gasteiger partial charge in [0, 0.05) is 29.3 Å². The van der Waals surface area contributed by atoms with Gasteiger partial charge in [-0.3, -0.25) is 9.89 Å². The smallest absolute Gasteiger partial charge is 0.174 e. The summed E-state index contributed by atoms with van der Waals surface area (Å²) in [5, 5.41) is 0. The zero-order valence-electron chi connectivity index (χ0n) is 16.3. The van der Waals surface area contributed by atoms with E-state index in [0.29, 0.717) is 12.6 Å². The molecule has 2 unspecified atom stereocenters. The van der Waals surface area contributed by atoms with Crippen molar-refractivity contribution in [2.75, 3.05) is 13.7 Å². The van der Waals surface area contributed by atoms with Crippen LogP contribution in [0.25, 0.3) is 0 Å². The summed E-state index contributed by atoms with van der Waals surface area (Å²) >= 11 is 0. The van der Waals surface area contributed by atoms with Crippen molar-refractivity contribution in [2.24, 2.45) is 4.99 Å². The van der Waals surface area contributed by atoms with Crippen LogP contribution in [0.4, 0.5) is 0 Å². The summed E-state index contributed by atoms with van der Waals surface area (Å²) in [6, 6.07) is 8.95. The van der Waals surface area contributed by atoms with Gasteiger partial charge in [0.2, 0.25) is 0 Å². The first-order valence-corrected chi connectivity index (χ1v) is 9.30. The number of likely N-dealkylation sites (N-methyl/N-ethyl adjacent to an activating group) is 1. The molecule has 1 aliphatic rings. The normalized spacial score (nSPS) is 19.1. The molecule has 0 N–H and O–H groups in total. The first-order valence-electron chi connectivity index (χ1n) is 9.30. The predicted octanol–water partition coefficient (Wildman–Crippen LogP) is 5.01. The summed E-state index contributed by atoms with van der Waals surface area (Å²) < 4.78 is 6.27. The molecule has 0 bridgehead atoms. The number of rotatable bonds is 7. The Bertz CT molecular complexity index is 559. The first kappa shape index (κ1) is 19.1. The van der Waals surface area contributed by atoms with E-state index < -0.39 is 0 Å². The monoisotopic (exact) mass is 330 g/mol. The van der Waals surface area contributed by atoms with Crippen LogP contribution in [0.15, 0.2) is 29.3 Å². The first-order chi connectivity index (χ1) is 11.3. The molecule has 0 aliphatic carbocycles. The van der Waals surface area contributed by atoms with Gasteiger partial charge in [-0.25, -0.2) is 0 Å². The Morgan fingerprint density at radius 3 is 2.67 bits per heavy atom. The molecule has 0 amide bonds. The second-order valence-corrected chi connectivity index (χ2v) is 7.99. The van der Waals surface area contributed by atoms with E-state index in [0.717, 1.165) is 12.8 Å². The molecule has 1 aromatic carbocycles. The van der Waals surface area contributed by atoms with E-state index in [9.17, 15) is 0 Å². The summed E-state index contributed by atoms with van der Waals surface area (Å²) in [4.78, 5) is 7.29. The fraction of sp³-hybridized carbons (Fsp3) is 0.667. The van der Waals surface area contributed by atoms with Crippen molar-refractivity contribution < 1.29 is 4.74 Å². The summed E-state index contributed by atoms with van der Waals surface area (Å²) in [5.41, 5.74) is 4.05. The summed E-state index contributed by atoms with van der Waals surface area (Å²) in [6.45, 7) is 11.9. The third kappa shape index (κ3) is 4.90. The third-order valence-corrected chi connectivity index (χ3v) is 5.05. The van der Waals surface area contributed by atoms with Gasteiger partial charge in [0.05, 0.1) is 6.61 Å². The standard InChI is InChI=1S/C21H34N2O/c1-7-8-12-18-14-17-11-9-10-13-19(17)20(22-18)24-15-16(2)23(6)21(3,4)5/h9-11,13,16,20H,7-8,12,14-15H2,1-6H3. The Morgan fingerprint density at radius 1 is 1.29 bits per heavy atom. The number of fused-ring (bicyclic) bond motifs is 1. The number of ether oxygens (including phenoxy) is 1. The Morgan fingerprint density at radius 2 is 2.00 bits per heavy atom. The van der Waals surface area contributed by atoms with E-state index in [1.54, 1.807) is 0 Å². The molecule has 1 aromatic rings. The van der Waals surface area contributed by atoms with Crippen molar-refractivity contribution >= 4 is 5.71 Å². The highest BCUT2D eigenvalue weighted by Crippen LogP contribution is 2.30. The molecular formula is C21H34N2O. The highest BCUT2D eigenvalue weighted by atomic mass is 16.5. The van der Waals surface area contributed by atoms with Crippen LogP contribution in [0.1, 0.15) is 71.2 Å². The van der Waals surface area contributed by atoms with Gasteiger partial charge in [0.25, 0.3) is 0 Å². The van der Waals surface area contributed by atoms with Crippen molar-refractivity contribution in [1.29, 1.82) is 0 Å². The van der Waals surface area contributed by atoms with Crippen LogP contribution in [-0.2, 0) is 11.2 Å². The van der Waals surface area contributed by atoms with Gasteiger partial charge in [-0.1, -0.05) is 37.6 Å². The molecule has 0 fully saturated rings. The number of benzene rings is 1. The molecule has 0 radical (unpaired) electrons. The minimum atomic E-state index is -0.141. The zero-order chi connectivity index (χ0) is 17.7. The molecule has 0 saturated carbocycles. The SMILES string of the molecule is CCCCC1=NC(OCC(C)N(C)C(C)(C)C)c2ccccc2C1. The van der Waals surface area contributed by atoms with E-state index in [-0.39, 0.29) is 11.8 Å². The Kier molecular flexibility index (Phi) is 6.59. The van der Waals surface area contributed by atoms with E-state index in [2.05, 4.69) is 70.8 Å². The van der Waals surface area contributed by atoms with Gasteiger partial charge >= 0.3 is 0 Å². The number of unbranched alkanes of at least 4 members (excludes halogenated alkanes) is 1. The highest BCUT2D eigenvalue weighted by molar-refractivity contribution is 5.88. The number of nitrogens with zero attached hydrogens (tertiary/aromatic N) is 2. The van der Waals surface area contributed by atoms with Crippen molar-refractivity contribution in [3.63, 3.8) is 0 Å². The lowest BCUT2D eigenvalue weighted by Crippen LogP contribution is -2.46. The lowest BCUT2D eigenvalue weighted by Gasteiger charge is -2.37. The Labute approximate surface area is 148 Å². The van der Waals surface area contributed by atoms with Gasteiger partial charge in [-0.05, 0) is 53.1 Å². The maximum absolute atomic E-state index is 6.27. The van der Waals surface area contributed by atoms with Crippen LogP contribution in [0.5, 0.6) is 0 Å². The van der Waals surface area contributed by atoms with Crippen LogP contribution in [0.3, 0.4) is 0 Å². The average molecular weight is 331 g/mol. The largest absolute Gasteiger partial charge is 0.351 e. The zero-order valence-corrected chi connectivity index (χ0v) is 16.3. The van der Waals surface area contributed by atoms with E-state index in [1.807, 2.05) is 0 Å². The van der Waals surface area contributed by atoms with E-state index in [1.165, 1.54) is 29.7 Å². The summed E-state index contributed by atoms with van der Waals surface area (Å²) in [5.74, 6) is 0. The Balaban J connectivity index is 2.08. The minimum absolute atomic E-state index is 0.141.